The number of hydrogen-bond donors (Lipinski definition) is 0. The molecule has 1 unspecified atom stereocenters. The van der Waals surface area contributed by atoms with E-state index in [1.165, 1.54) is 23.1 Å². The Morgan fingerprint density at radius 2 is 2.12 bits per heavy atom. The molecule has 32 heavy (non-hydrogen) atoms. The number of halogens is 1. The summed E-state index contributed by atoms with van der Waals surface area (Å²) in [5.41, 5.74) is 0.946. The Bertz CT molecular complexity index is 1050. The van der Waals surface area contributed by atoms with Gasteiger partial charge in [-0.25, -0.2) is 0 Å². The number of nitrogens with zero attached hydrogens (tertiary/aromatic N) is 4. The highest BCUT2D eigenvalue weighted by Crippen LogP contribution is 2.28. The highest BCUT2D eigenvalue weighted by Gasteiger charge is 2.23. The van der Waals surface area contributed by atoms with Crippen LogP contribution in [0, 0.1) is 0 Å². The first-order chi connectivity index (χ1) is 15.5. The standard InChI is InChI=1S/C22H25ClN4O3S2/c1-26(13-18-9-10-19(23)32-18)20(28)14-31-22-25-24-21(15-5-7-16(29-2)8-6-15)27(22)12-17-4-3-11-30-17/h5-10,17H,3-4,11-14H2,1-2H3. The zero-order chi connectivity index (χ0) is 22.5. The van der Waals surface area contributed by atoms with Gasteiger partial charge < -0.3 is 14.4 Å². The quantitative estimate of drug-likeness (QED) is 0.407. The maximum atomic E-state index is 12.7. The molecule has 1 aromatic carbocycles. The predicted molar refractivity (Wildman–Crippen MR) is 128 cm³/mol. The van der Waals surface area contributed by atoms with E-state index in [2.05, 4.69) is 14.8 Å². The van der Waals surface area contributed by atoms with E-state index in [9.17, 15) is 4.79 Å². The van der Waals surface area contributed by atoms with Crippen molar-refractivity contribution >= 4 is 40.6 Å². The van der Waals surface area contributed by atoms with E-state index in [1.54, 1.807) is 19.1 Å². The molecule has 0 N–H and O–H groups in total. The van der Waals surface area contributed by atoms with Gasteiger partial charge in [0, 0.05) is 24.1 Å². The lowest BCUT2D eigenvalue weighted by molar-refractivity contribution is -0.127. The topological polar surface area (TPSA) is 69.5 Å². The van der Waals surface area contributed by atoms with Gasteiger partial charge >= 0.3 is 0 Å². The smallest absolute Gasteiger partial charge is 0.233 e. The van der Waals surface area contributed by atoms with Gasteiger partial charge in [0.25, 0.3) is 0 Å². The lowest BCUT2D eigenvalue weighted by Crippen LogP contribution is -2.27. The molecule has 1 saturated heterocycles. The molecule has 4 rings (SSSR count). The number of rotatable bonds is 9. The average molecular weight is 493 g/mol. The van der Waals surface area contributed by atoms with E-state index >= 15 is 0 Å². The first-order valence-electron chi connectivity index (χ1n) is 10.3. The van der Waals surface area contributed by atoms with Crippen LogP contribution >= 0.6 is 34.7 Å². The van der Waals surface area contributed by atoms with Crippen LogP contribution in [0.15, 0.2) is 41.6 Å². The number of ether oxygens (including phenoxy) is 2. The summed E-state index contributed by atoms with van der Waals surface area (Å²) in [4.78, 5) is 15.5. The van der Waals surface area contributed by atoms with Crippen LogP contribution in [-0.2, 0) is 22.6 Å². The number of benzene rings is 1. The average Bonchev–Trinajstić information content (AvgIpc) is 3.55. The fraction of sp³-hybridized carbons (Fsp3) is 0.409. The largest absolute Gasteiger partial charge is 0.497 e. The molecule has 2 aromatic heterocycles. The van der Waals surface area contributed by atoms with Gasteiger partial charge in [-0.05, 0) is 49.2 Å². The summed E-state index contributed by atoms with van der Waals surface area (Å²) < 4.78 is 13.9. The van der Waals surface area contributed by atoms with Crippen LogP contribution in [0.25, 0.3) is 11.4 Å². The summed E-state index contributed by atoms with van der Waals surface area (Å²) in [6.45, 7) is 1.98. The monoisotopic (exact) mass is 492 g/mol. The van der Waals surface area contributed by atoms with Gasteiger partial charge in [0.1, 0.15) is 5.75 Å². The first kappa shape index (κ1) is 23.1. The number of aromatic nitrogens is 3. The van der Waals surface area contributed by atoms with E-state index in [0.29, 0.717) is 18.2 Å². The van der Waals surface area contributed by atoms with Crippen LogP contribution in [0.4, 0.5) is 0 Å². The third kappa shape index (κ3) is 5.64. The Kier molecular flexibility index (Phi) is 7.72. The molecule has 0 aliphatic carbocycles. The van der Waals surface area contributed by atoms with Gasteiger partial charge in [-0.2, -0.15) is 0 Å². The third-order valence-electron chi connectivity index (χ3n) is 5.25. The number of amides is 1. The molecule has 1 fully saturated rings. The highest BCUT2D eigenvalue weighted by atomic mass is 35.5. The fourth-order valence-electron chi connectivity index (χ4n) is 3.50. The SMILES string of the molecule is COc1ccc(-c2nnc(SCC(=O)N(C)Cc3ccc(Cl)s3)n2CC2CCCO2)cc1. The first-order valence-corrected chi connectivity index (χ1v) is 12.5. The minimum absolute atomic E-state index is 0.0252. The van der Waals surface area contributed by atoms with Gasteiger partial charge in [0.2, 0.25) is 5.91 Å². The van der Waals surface area contributed by atoms with Crippen LogP contribution in [0.3, 0.4) is 0 Å². The van der Waals surface area contributed by atoms with Crippen molar-refractivity contribution in [2.45, 2.75) is 37.2 Å². The highest BCUT2D eigenvalue weighted by molar-refractivity contribution is 7.99. The Hall–Kier alpha value is -2.07. The Morgan fingerprint density at radius 1 is 1.31 bits per heavy atom. The number of thiophene rings is 1. The van der Waals surface area contributed by atoms with Crippen LogP contribution in [0.5, 0.6) is 5.75 Å². The molecule has 10 heteroatoms. The predicted octanol–water partition coefficient (Wildman–Crippen LogP) is 4.60. The van der Waals surface area contributed by atoms with E-state index in [-0.39, 0.29) is 17.8 Å². The van der Waals surface area contributed by atoms with Crippen molar-refractivity contribution in [2.24, 2.45) is 0 Å². The number of carbonyl (C=O) groups is 1. The van der Waals surface area contributed by atoms with Gasteiger partial charge in [0.05, 0.1) is 36.4 Å². The summed E-state index contributed by atoms with van der Waals surface area (Å²) in [7, 11) is 3.45. The lowest BCUT2D eigenvalue weighted by Gasteiger charge is -2.17. The molecular weight excluding hydrogens is 468 g/mol. The summed E-state index contributed by atoms with van der Waals surface area (Å²) in [6, 6.07) is 11.5. The summed E-state index contributed by atoms with van der Waals surface area (Å²) >= 11 is 8.89. The Balaban J connectivity index is 1.48. The second kappa shape index (κ2) is 10.7. The molecule has 0 spiro atoms. The number of thioether (sulfide) groups is 1. The maximum absolute atomic E-state index is 12.7. The maximum Gasteiger partial charge on any atom is 0.233 e. The molecule has 0 bridgehead atoms. The Labute approximate surface area is 200 Å². The second-order valence-electron chi connectivity index (χ2n) is 7.52. The van der Waals surface area contributed by atoms with Crippen molar-refractivity contribution in [3.63, 3.8) is 0 Å². The van der Waals surface area contributed by atoms with Gasteiger partial charge in [-0.15, -0.1) is 21.5 Å². The van der Waals surface area contributed by atoms with Crippen molar-refractivity contribution in [1.29, 1.82) is 0 Å². The van der Waals surface area contributed by atoms with E-state index < -0.39 is 0 Å². The number of carbonyl (C=O) groups excluding carboxylic acids is 1. The van der Waals surface area contributed by atoms with Crippen molar-refractivity contribution in [2.75, 3.05) is 26.5 Å². The Morgan fingerprint density at radius 3 is 2.78 bits per heavy atom. The van der Waals surface area contributed by atoms with E-state index in [1.807, 2.05) is 36.4 Å². The zero-order valence-electron chi connectivity index (χ0n) is 18.0. The van der Waals surface area contributed by atoms with Gasteiger partial charge in [-0.3, -0.25) is 9.36 Å². The van der Waals surface area contributed by atoms with Crippen LogP contribution in [0.1, 0.15) is 17.7 Å². The summed E-state index contributed by atoms with van der Waals surface area (Å²) in [5.74, 6) is 1.85. The normalized spacial score (nSPS) is 15.8. The fourth-order valence-corrected chi connectivity index (χ4v) is 5.53. The molecular formula is C22H25ClN4O3S2. The van der Waals surface area contributed by atoms with Crippen LogP contribution < -0.4 is 4.74 Å². The van der Waals surface area contributed by atoms with Crippen LogP contribution in [0.2, 0.25) is 4.34 Å². The van der Waals surface area contributed by atoms with Gasteiger partial charge in [-0.1, -0.05) is 23.4 Å². The summed E-state index contributed by atoms with van der Waals surface area (Å²) in [6.07, 6.45) is 2.20. The molecule has 0 saturated carbocycles. The van der Waals surface area contributed by atoms with Crippen LogP contribution in [-0.4, -0.2) is 58.2 Å². The molecule has 1 atom stereocenters. The molecule has 1 aliphatic rings. The molecule has 1 amide bonds. The molecule has 0 radical (unpaired) electrons. The lowest BCUT2D eigenvalue weighted by atomic mass is 10.2. The number of methoxy groups -OCH3 is 1. The number of hydrogen-bond acceptors (Lipinski definition) is 7. The molecule has 3 heterocycles. The van der Waals surface area contributed by atoms with Crippen molar-refractivity contribution in [3.05, 3.63) is 45.6 Å². The second-order valence-corrected chi connectivity index (χ2v) is 10.3. The summed E-state index contributed by atoms with van der Waals surface area (Å²) in [5, 5.41) is 9.55. The van der Waals surface area contributed by atoms with Crippen molar-refractivity contribution in [3.8, 4) is 17.1 Å². The van der Waals surface area contributed by atoms with E-state index in [0.717, 1.165) is 45.8 Å². The molecule has 170 valence electrons. The van der Waals surface area contributed by atoms with Crippen molar-refractivity contribution < 1.29 is 14.3 Å². The zero-order valence-corrected chi connectivity index (χ0v) is 20.4. The minimum atomic E-state index is 0.0252. The molecule has 7 nitrogen and oxygen atoms in total. The molecule has 1 aliphatic heterocycles. The minimum Gasteiger partial charge on any atom is -0.497 e. The molecule has 3 aromatic rings. The van der Waals surface area contributed by atoms with E-state index in [4.69, 9.17) is 21.1 Å². The van der Waals surface area contributed by atoms with Crippen molar-refractivity contribution in [1.82, 2.24) is 19.7 Å². The third-order valence-corrected chi connectivity index (χ3v) is 7.42. The van der Waals surface area contributed by atoms with Gasteiger partial charge in [0.15, 0.2) is 11.0 Å².